The molecule has 148 valence electrons. The largest absolute Gasteiger partial charge is 0.370 e. The zero-order valence-electron chi connectivity index (χ0n) is 16.9. The van der Waals surface area contributed by atoms with Crippen LogP contribution >= 0.6 is 11.3 Å². The Labute approximate surface area is 166 Å². The van der Waals surface area contributed by atoms with Gasteiger partial charge in [-0.1, -0.05) is 27.2 Å². The molecule has 2 N–H and O–H groups in total. The lowest BCUT2D eigenvalue weighted by Gasteiger charge is -2.36. The molecule has 2 aromatic rings. The van der Waals surface area contributed by atoms with Crippen LogP contribution in [0.4, 0.5) is 5.82 Å². The number of nitrogens with zero attached hydrogens (tertiary/aromatic N) is 2. The molecule has 0 unspecified atom stereocenters. The number of fused-ring (bicyclic) bond motifs is 3. The first-order valence-corrected chi connectivity index (χ1v) is 11.3. The number of aryl methyl sites for hydroxylation is 1. The number of thiophene rings is 1. The Kier molecular flexibility index (Phi) is 5.67. The third kappa shape index (κ3) is 3.98. The SMILES string of the molecule is CCC(C)(C)[C@@H]1CCc2sc3ncnc(NCC[NH+]4CCOCC4)c3c2C1. The molecule has 3 heterocycles. The van der Waals surface area contributed by atoms with Gasteiger partial charge in [-0.2, -0.15) is 0 Å². The van der Waals surface area contributed by atoms with Crippen LogP contribution in [0.1, 0.15) is 44.1 Å². The van der Waals surface area contributed by atoms with Gasteiger partial charge >= 0.3 is 0 Å². The Morgan fingerprint density at radius 3 is 2.89 bits per heavy atom. The van der Waals surface area contributed by atoms with E-state index in [1.165, 1.54) is 41.5 Å². The van der Waals surface area contributed by atoms with Crippen LogP contribution in [0.5, 0.6) is 0 Å². The van der Waals surface area contributed by atoms with E-state index in [0.29, 0.717) is 5.41 Å². The lowest BCUT2D eigenvalue weighted by molar-refractivity contribution is -0.906. The number of anilines is 1. The van der Waals surface area contributed by atoms with Crippen LogP contribution in [0.3, 0.4) is 0 Å². The van der Waals surface area contributed by atoms with Crippen molar-refractivity contribution < 1.29 is 9.64 Å². The van der Waals surface area contributed by atoms with Gasteiger partial charge in [0.15, 0.2) is 0 Å². The number of hydrogen-bond acceptors (Lipinski definition) is 5. The molecular weight excluding hydrogens is 356 g/mol. The van der Waals surface area contributed by atoms with Crippen molar-refractivity contribution in [3.8, 4) is 0 Å². The second kappa shape index (κ2) is 8.02. The smallest absolute Gasteiger partial charge is 0.138 e. The minimum Gasteiger partial charge on any atom is -0.370 e. The fourth-order valence-corrected chi connectivity index (χ4v) is 5.65. The van der Waals surface area contributed by atoms with E-state index in [1.807, 2.05) is 11.3 Å². The Morgan fingerprint density at radius 2 is 2.11 bits per heavy atom. The number of rotatable bonds is 6. The lowest BCUT2D eigenvalue weighted by Crippen LogP contribution is -3.14. The summed E-state index contributed by atoms with van der Waals surface area (Å²) in [5.41, 5.74) is 1.92. The standard InChI is InChI=1S/C21H32N4OS/c1-4-21(2,3)15-5-6-17-16(13-15)18-19(23-14-24-20(18)27-17)22-7-8-25-9-11-26-12-10-25/h14-15H,4-13H2,1-3H3,(H,22,23,24)/p+1/t15-/m1/s1. The van der Waals surface area contributed by atoms with Gasteiger partial charge in [0.05, 0.1) is 31.7 Å². The fraction of sp³-hybridized carbons (Fsp3) is 0.714. The van der Waals surface area contributed by atoms with Gasteiger partial charge in [-0.05, 0) is 36.2 Å². The summed E-state index contributed by atoms with van der Waals surface area (Å²) in [5, 5.41) is 4.93. The van der Waals surface area contributed by atoms with E-state index in [2.05, 4.69) is 36.1 Å². The molecule has 1 aliphatic heterocycles. The summed E-state index contributed by atoms with van der Waals surface area (Å²) in [5.74, 6) is 1.79. The third-order valence-electron chi connectivity index (χ3n) is 6.83. The van der Waals surface area contributed by atoms with Crippen LogP contribution < -0.4 is 10.2 Å². The van der Waals surface area contributed by atoms with Gasteiger partial charge in [0, 0.05) is 4.88 Å². The molecule has 0 spiro atoms. The summed E-state index contributed by atoms with van der Waals surface area (Å²) in [6.07, 6.45) is 6.63. The molecule has 2 aromatic heterocycles. The van der Waals surface area contributed by atoms with Crippen LogP contribution in [0.15, 0.2) is 6.33 Å². The van der Waals surface area contributed by atoms with Crippen molar-refractivity contribution >= 4 is 27.4 Å². The maximum absolute atomic E-state index is 5.46. The van der Waals surface area contributed by atoms with E-state index in [-0.39, 0.29) is 0 Å². The molecule has 1 saturated heterocycles. The lowest BCUT2D eigenvalue weighted by atomic mass is 9.69. The predicted octanol–water partition coefficient (Wildman–Crippen LogP) is 2.56. The van der Waals surface area contributed by atoms with Crippen molar-refractivity contribution in [2.45, 2.75) is 46.5 Å². The van der Waals surface area contributed by atoms with Gasteiger partial charge in [-0.3, -0.25) is 0 Å². The molecule has 5 nitrogen and oxygen atoms in total. The quantitative estimate of drug-likeness (QED) is 0.797. The van der Waals surface area contributed by atoms with Gasteiger partial charge in [0.25, 0.3) is 0 Å². The summed E-state index contributed by atoms with van der Waals surface area (Å²) in [7, 11) is 0. The highest BCUT2D eigenvalue weighted by Crippen LogP contribution is 2.45. The molecule has 0 amide bonds. The van der Waals surface area contributed by atoms with Gasteiger partial charge < -0.3 is 15.0 Å². The molecule has 1 atom stereocenters. The van der Waals surface area contributed by atoms with Crippen molar-refractivity contribution in [2.75, 3.05) is 44.7 Å². The maximum atomic E-state index is 5.46. The van der Waals surface area contributed by atoms with Gasteiger partial charge in [-0.25, -0.2) is 9.97 Å². The summed E-state index contributed by atoms with van der Waals surface area (Å²) in [4.78, 5) is 13.5. The van der Waals surface area contributed by atoms with E-state index in [0.717, 1.165) is 56.0 Å². The van der Waals surface area contributed by atoms with Crippen molar-refractivity contribution in [2.24, 2.45) is 11.3 Å². The number of nitrogens with one attached hydrogen (secondary N) is 2. The van der Waals surface area contributed by atoms with Gasteiger partial charge in [-0.15, -0.1) is 11.3 Å². The predicted molar refractivity (Wildman–Crippen MR) is 112 cm³/mol. The summed E-state index contributed by atoms with van der Waals surface area (Å²) >= 11 is 1.88. The van der Waals surface area contributed by atoms with E-state index in [4.69, 9.17) is 4.74 Å². The van der Waals surface area contributed by atoms with Crippen molar-refractivity contribution in [3.63, 3.8) is 0 Å². The van der Waals surface area contributed by atoms with Crippen LogP contribution in [-0.4, -0.2) is 49.4 Å². The van der Waals surface area contributed by atoms with Crippen LogP contribution in [0.25, 0.3) is 10.2 Å². The average molecular weight is 390 g/mol. The highest BCUT2D eigenvalue weighted by molar-refractivity contribution is 7.19. The van der Waals surface area contributed by atoms with Gasteiger partial charge in [0.1, 0.15) is 30.1 Å². The molecule has 2 aliphatic rings. The van der Waals surface area contributed by atoms with E-state index in [1.54, 1.807) is 11.2 Å². The summed E-state index contributed by atoms with van der Waals surface area (Å²) in [6, 6.07) is 0. The molecule has 1 fully saturated rings. The minimum atomic E-state index is 0.398. The molecule has 0 aromatic carbocycles. The Balaban J connectivity index is 1.53. The van der Waals surface area contributed by atoms with Crippen LogP contribution in [0.2, 0.25) is 0 Å². The molecule has 4 rings (SSSR count). The highest BCUT2D eigenvalue weighted by Gasteiger charge is 2.33. The fourth-order valence-electron chi connectivity index (χ4n) is 4.47. The highest BCUT2D eigenvalue weighted by atomic mass is 32.1. The Hall–Kier alpha value is -1.24. The summed E-state index contributed by atoms with van der Waals surface area (Å²) in [6.45, 7) is 13.3. The van der Waals surface area contributed by atoms with Crippen molar-refractivity contribution in [1.29, 1.82) is 0 Å². The maximum Gasteiger partial charge on any atom is 0.138 e. The first-order valence-electron chi connectivity index (χ1n) is 10.5. The molecule has 0 radical (unpaired) electrons. The molecule has 1 aliphatic carbocycles. The Bertz CT molecular complexity index is 782. The van der Waals surface area contributed by atoms with Crippen molar-refractivity contribution in [3.05, 3.63) is 16.8 Å². The zero-order chi connectivity index (χ0) is 18.9. The number of ether oxygens (including phenoxy) is 1. The third-order valence-corrected chi connectivity index (χ3v) is 8.03. The average Bonchev–Trinajstić information content (AvgIpc) is 3.07. The number of quaternary nitrogens is 1. The number of morpholine rings is 1. The molecule has 0 bridgehead atoms. The topological polar surface area (TPSA) is 51.5 Å². The first-order chi connectivity index (χ1) is 13.1. The molecular formula is C21H33N4OS+. The van der Waals surface area contributed by atoms with E-state index >= 15 is 0 Å². The van der Waals surface area contributed by atoms with E-state index in [9.17, 15) is 0 Å². The van der Waals surface area contributed by atoms with Gasteiger partial charge in [0.2, 0.25) is 0 Å². The zero-order valence-corrected chi connectivity index (χ0v) is 17.8. The van der Waals surface area contributed by atoms with E-state index < -0.39 is 0 Å². The monoisotopic (exact) mass is 389 g/mol. The number of hydrogen-bond donors (Lipinski definition) is 2. The molecule has 0 saturated carbocycles. The molecule has 27 heavy (non-hydrogen) atoms. The first kappa shape index (κ1) is 19.1. The normalized spacial score (nSPS) is 21.4. The second-order valence-electron chi connectivity index (χ2n) is 8.73. The summed E-state index contributed by atoms with van der Waals surface area (Å²) < 4.78 is 5.46. The van der Waals surface area contributed by atoms with Crippen molar-refractivity contribution in [1.82, 2.24) is 9.97 Å². The molecule has 6 heteroatoms. The second-order valence-corrected chi connectivity index (χ2v) is 9.81. The van der Waals surface area contributed by atoms with Crippen LogP contribution in [-0.2, 0) is 17.6 Å². The Morgan fingerprint density at radius 1 is 1.30 bits per heavy atom. The minimum absolute atomic E-state index is 0.398. The number of aromatic nitrogens is 2. The van der Waals surface area contributed by atoms with Crippen LogP contribution in [0, 0.1) is 11.3 Å².